The molecule has 0 amide bonds. The topological polar surface area (TPSA) is 41.9 Å². The average molecular weight is 297 g/mol. The Balaban J connectivity index is 1.54. The minimum Gasteiger partial charge on any atom is -0.494 e. The van der Waals surface area contributed by atoms with Crippen LogP contribution in [-0.2, 0) is 4.74 Å². The van der Waals surface area contributed by atoms with Gasteiger partial charge in [-0.15, -0.1) is 0 Å². The molecule has 0 unspecified atom stereocenters. The molecule has 0 saturated carbocycles. The number of piperidine rings is 1. The molecule has 0 aliphatic carbocycles. The van der Waals surface area contributed by atoms with Gasteiger partial charge in [-0.2, -0.15) is 0 Å². The third-order valence-electron chi connectivity index (χ3n) is 3.68. The van der Waals surface area contributed by atoms with Crippen LogP contribution in [0.5, 0.6) is 5.75 Å². The molecule has 1 N–H and O–H groups in total. The number of aliphatic hydroxyl groups excluding tert-OH is 1. The molecule has 118 valence electrons. The van der Waals surface area contributed by atoms with Crippen LogP contribution >= 0.6 is 0 Å². The molecule has 0 atom stereocenters. The van der Waals surface area contributed by atoms with E-state index in [2.05, 4.69) is 4.90 Å². The fourth-order valence-electron chi connectivity index (χ4n) is 2.53. The number of nitrogens with zero attached hydrogens (tertiary/aromatic N) is 1. The lowest BCUT2D eigenvalue weighted by molar-refractivity contribution is -0.00820. The minimum atomic E-state index is -0.242. The van der Waals surface area contributed by atoms with Gasteiger partial charge in [-0.1, -0.05) is 0 Å². The van der Waals surface area contributed by atoms with Gasteiger partial charge in [-0.3, -0.25) is 0 Å². The molecule has 1 aromatic carbocycles. The van der Waals surface area contributed by atoms with E-state index in [4.69, 9.17) is 14.6 Å². The molecule has 1 saturated heterocycles. The van der Waals surface area contributed by atoms with E-state index in [0.717, 1.165) is 38.9 Å². The average Bonchev–Trinajstić information content (AvgIpc) is 2.52. The summed E-state index contributed by atoms with van der Waals surface area (Å²) in [5.41, 5.74) is 0. The number of aliphatic hydroxyl groups is 1. The van der Waals surface area contributed by atoms with Crippen molar-refractivity contribution in [2.75, 3.05) is 39.5 Å². The van der Waals surface area contributed by atoms with Crippen molar-refractivity contribution < 1.29 is 19.0 Å². The van der Waals surface area contributed by atoms with Crippen molar-refractivity contribution in [1.29, 1.82) is 0 Å². The molecule has 1 aliphatic rings. The van der Waals surface area contributed by atoms with E-state index in [9.17, 15) is 4.39 Å². The summed E-state index contributed by atoms with van der Waals surface area (Å²) in [5.74, 6) is 0.473. The lowest BCUT2D eigenvalue weighted by Gasteiger charge is -2.31. The van der Waals surface area contributed by atoms with Gasteiger partial charge in [0.05, 0.1) is 25.9 Å². The highest BCUT2D eigenvalue weighted by Crippen LogP contribution is 2.14. The summed E-state index contributed by atoms with van der Waals surface area (Å²) in [7, 11) is 0. The van der Waals surface area contributed by atoms with Crippen molar-refractivity contribution in [1.82, 2.24) is 4.90 Å². The largest absolute Gasteiger partial charge is 0.494 e. The maximum absolute atomic E-state index is 12.7. The summed E-state index contributed by atoms with van der Waals surface area (Å²) >= 11 is 0. The van der Waals surface area contributed by atoms with Crippen LogP contribution in [0, 0.1) is 5.82 Å². The fourth-order valence-corrected chi connectivity index (χ4v) is 2.53. The molecule has 1 aliphatic heterocycles. The van der Waals surface area contributed by atoms with Crippen LogP contribution in [0.2, 0.25) is 0 Å². The van der Waals surface area contributed by atoms with Gasteiger partial charge >= 0.3 is 0 Å². The first-order valence-corrected chi connectivity index (χ1v) is 7.61. The van der Waals surface area contributed by atoms with E-state index in [1.165, 1.54) is 12.1 Å². The SMILES string of the molecule is OCCOC1CCN(CCCOc2ccc(F)cc2)CC1. The van der Waals surface area contributed by atoms with Gasteiger partial charge in [-0.25, -0.2) is 4.39 Å². The van der Waals surface area contributed by atoms with Crippen molar-refractivity contribution in [3.05, 3.63) is 30.1 Å². The van der Waals surface area contributed by atoms with Gasteiger partial charge in [0, 0.05) is 19.6 Å². The molecular formula is C16H24FNO3. The first kappa shape index (κ1) is 16.2. The highest BCUT2D eigenvalue weighted by molar-refractivity contribution is 5.21. The Morgan fingerprint density at radius 1 is 1.14 bits per heavy atom. The summed E-state index contributed by atoms with van der Waals surface area (Å²) < 4.78 is 23.9. The number of halogens is 1. The lowest BCUT2D eigenvalue weighted by Crippen LogP contribution is -2.38. The second kappa shape index (κ2) is 8.97. The first-order chi connectivity index (χ1) is 10.3. The molecule has 21 heavy (non-hydrogen) atoms. The molecule has 0 radical (unpaired) electrons. The van der Waals surface area contributed by atoms with Gasteiger partial charge in [0.25, 0.3) is 0 Å². The summed E-state index contributed by atoms with van der Waals surface area (Å²) in [5, 5.41) is 8.73. The second-order valence-corrected chi connectivity index (χ2v) is 5.29. The van der Waals surface area contributed by atoms with E-state index >= 15 is 0 Å². The summed E-state index contributed by atoms with van der Waals surface area (Å²) in [6, 6.07) is 6.12. The monoisotopic (exact) mass is 297 g/mol. The van der Waals surface area contributed by atoms with Crippen molar-refractivity contribution in [2.24, 2.45) is 0 Å². The molecule has 0 spiro atoms. The normalized spacial score (nSPS) is 17.0. The van der Waals surface area contributed by atoms with Crippen LogP contribution in [0.1, 0.15) is 19.3 Å². The Morgan fingerprint density at radius 3 is 2.52 bits per heavy atom. The molecular weight excluding hydrogens is 273 g/mol. The van der Waals surface area contributed by atoms with Gasteiger partial charge in [-0.05, 0) is 43.5 Å². The van der Waals surface area contributed by atoms with Gasteiger partial charge in [0.1, 0.15) is 11.6 Å². The standard InChI is InChI=1S/C16H24FNO3/c17-14-2-4-15(5-3-14)20-12-1-8-18-9-6-16(7-10-18)21-13-11-19/h2-5,16,19H,1,6-13H2. The van der Waals surface area contributed by atoms with Crippen molar-refractivity contribution in [2.45, 2.75) is 25.4 Å². The first-order valence-electron chi connectivity index (χ1n) is 7.61. The number of ether oxygens (including phenoxy) is 2. The van der Waals surface area contributed by atoms with E-state index in [-0.39, 0.29) is 12.4 Å². The highest BCUT2D eigenvalue weighted by Gasteiger charge is 2.18. The Bertz CT molecular complexity index is 391. The van der Waals surface area contributed by atoms with Crippen LogP contribution in [0.4, 0.5) is 4.39 Å². The lowest BCUT2D eigenvalue weighted by atomic mass is 10.1. The molecule has 1 aromatic rings. The predicted octanol–water partition coefficient (Wildman–Crippen LogP) is 2.07. The van der Waals surface area contributed by atoms with E-state index in [0.29, 0.717) is 25.1 Å². The molecule has 0 bridgehead atoms. The zero-order valence-electron chi connectivity index (χ0n) is 12.3. The number of hydrogen-bond acceptors (Lipinski definition) is 4. The van der Waals surface area contributed by atoms with Crippen LogP contribution in [-0.4, -0.2) is 55.6 Å². The summed E-state index contributed by atoms with van der Waals surface area (Å²) in [6.45, 7) is 4.26. The third kappa shape index (κ3) is 5.99. The molecule has 4 nitrogen and oxygen atoms in total. The third-order valence-corrected chi connectivity index (χ3v) is 3.68. The highest BCUT2D eigenvalue weighted by atomic mass is 19.1. The Morgan fingerprint density at radius 2 is 1.86 bits per heavy atom. The van der Waals surface area contributed by atoms with Crippen molar-refractivity contribution in [3.8, 4) is 5.75 Å². The zero-order chi connectivity index (χ0) is 14.9. The van der Waals surface area contributed by atoms with E-state index in [1.54, 1.807) is 12.1 Å². The van der Waals surface area contributed by atoms with Crippen LogP contribution in [0.15, 0.2) is 24.3 Å². The fraction of sp³-hybridized carbons (Fsp3) is 0.625. The molecule has 1 heterocycles. The number of rotatable bonds is 8. The minimum absolute atomic E-state index is 0.0982. The molecule has 5 heteroatoms. The number of likely N-dealkylation sites (tertiary alicyclic amines) is 1. The maximum Gasteiger partial charge on any atom is 0.123 e. The van der Waals surface area contributed by atoms with Crippen LogP contribution in [0.3, 0.4) is 0 Å². The summed E-state index contributed by atoms with van der Waals surface area (Å²) in [4.78, 5) is 2.41. The molecule has 0 aromatic heterocycles. The summed E-state index contributed by atoms with van der Waals surface area (Å²) in [6.07, 6.45) is 3.31. The van der Waals surface area contributed by atoms with Crippen LogP contribution < -0.4 is 4.74 Å². The van der Waals surface area contributed by atoms with E-state index in [1.807, 2.05) is 0 Å². The van der Waals surface area contributed by atoms with E-state index < -0.39 is 0 Å². The number of benzene rings is 1. The van der Waals surface area contributed by atoms with Crippen LogP contribution in [0.25, 0.3) is 0 Å². The zero-order valence-corrected chi connectivity index (χ0v) is 12.3. The maximum atomic E-state index is 12.7. The van der Waals surface area contributed by atoms with Gasteiger partial charge in [0.2, 0.25) is 0 Å². The number of hydrogen-bond donors (Lipinski definition) is 1. The van der Waals surface area contributed by atoms with Gasteiger partial charge in [0.15, 0.2) is 0 Å². The van der Waals surface area contributed by atoms with Crippen molar-refractivity contribution in [3.63, 3.8) is 0 Å². The molecule has 2 rings (SSSR count). The van der Waals surface area contributed by atoms with Crippen molar-refractivity contribution >= 4 is 0 Å². The smallest absolute Gasteiger partial charge is 0.123 e. The quantitative estimate of drug-likeness (QED) is 0.746. The predicted molar refractivity (Wildman–Crippen MR) is 79.0 cm³/mol. The Labute approximate surface area is 125 Å². The Hall–Kier alpha value is -1.17. The second-order valence-electron chi connectivity index (χ2n) is 5.29. The van der Waals surface area contributed by atoms with Gasteiger partial charge < -0.3 is 19.5 Å². The Kier molecular flexibility index (Phi) is 6.92. The molecule has 1 fully saturated rings.